The van der Waals surface area contributed by atoms with Crippen LogP contribution in [0.25, 0.3) is 5.69 Å². The minimum atomic E-state index is -0.580. The number of benzene rings is 2. The smallest absolute Gasteiger partial charge is 0.298 e. The number of carbonyl (C=O) groups is 1. The molecule has 1 amide bonds. The molecule has 3 aromatic rings. The van der Waals surface area contributed by atoms with Crippen molar-refractivity contribution in [2.24, 2.45) is 0 Å². The van der Waals surface area contributed by atoms with Crippen LogP contribution in [0, 0.1) is 13.8 Å². The van der Waals surface area contributed by atoms with E-state index in [0.717, 1.165) is 28.6 Å². The van der Waals surface area contributed by atoms with Gasteiger partial charge < -0.3 is 19.7 Å². The van der Waals surface area contributed by atoms with Gasteiger partial charge in [0.1, 0.15) is 5.75 Å². The molecule has 1 N–H and O–H groups in total. The molecule has 0 aliphatic carbocycles. The van der Waals surface area contributed by atoms with Gasteiger partial charge in [0.2, 0.25) is 11.6 Å². The molecule has 0 radical (unpaired) electrons. The fourth-order valence-electron chi connectivity index (χ4n) is 2.73. The van der Waals surface area contributed by atoms with Crippen molar-refractivity contribution in [3.8, 4) is 17.4 Å². The van der Waals surface area contributed by atoms with Crippen molar-refractivity contribution in [2.75, 3.05) is 12.4 Å². The average Bonchev–Trinajstić information content (AvgIpc) is 3.09. The van der Waals surface area contributed by atoms with Gasteiger partial charge in [0.25, 0.3) is 5.03 Å². The van der Waals surface area contributed by atoms with Crippen LogP contribution in [-0.2, 0) is 4.79 Å². The third-order valence-electron chi connectivity index (χ3n) is 4.58. The van der Waals surface area contributed by atoms with E-state index in [9.17, 15) is 9.90 Å². The number of ether oxygens (including phenoxy) is 1. The summed E-state index contributed by atoms with van der Waals surface area (Å²) >= 11 is 1.14. The lowest BCUT2D eigenvalue weighted by molar-refractivity contribution is -0.705. The van der Waals surface area contributed by atoms with E-state index in [-0.39, 0.29) is 10.9 Å². The molecule has 7 nitrogen and oxygen atoms in total. The molecule has 1 atom stereocenters. The van der Waals surface area contributed by atoms with Crippen LogP contribution in [0.1, 0.15) is 24.5 Å². The number of anilines is 1. The molecule has 0 aliphatic heterocycles. The molecule has 0 aliphatic rings. The van der Waals surface area contributed by atoms with Gasteiger partial charge in [0, 0.05) is 17.8 Å². The highest BCUT2D eigenvalue weighted by Gasteiger charge is 2.28. The van der Waals surface area contributed by atoms with E-state index in [1.54, 1.807) is 31.4 Å². The van der Waals surface area contributed by atoms with Crippen LogP contribution in [0.3, 0.4) is 0 Å². The molecule has 152 valence electrons. The Morgan fingerprint density at radius 1 is 1.24 bits per heavy atom. The number of amides is 1. The molecule has 1 heterocycles. The van der Waals surface area contributed by atoms with Gasteiger partial charge in [0.15, 0.2) is 5.95 Å². The topological polar surface area (TPSA) is 91.3 Å². The number of rotatable bonds is 7. The van der Waals surface area contributed by atoms with Gasteiger partial charge in [-0.1, -0.05) is 13.0 Å². The second kappa shape index (κ2) is 9.00. The van der Waals surface area contributed by atoms with Gasteiger partial charge in [-0.2, -0.15) is 0 Å². The number of aryl methyl sites for hydroxylation is 2. The normalized spacial score (nSPS) is 11.9. The highest BCUT2D eigenvalue weighted by atomic mass is 32.2. The van der Waals surface area contributed by atoms with Crippen molar-refractivity contribution in [2.45, 2.75) is 37.5 Å². The number of methoxy groups -OCH3 is 1. The summed E-state index contributed by atoms with van der Waals surface area (Å²) in [5.74, 6) is -0.0699. The highest BCUT2D eigenvalue weighted by Crippen LogP contribution is 2.30. The van der Waals surface area contributed by atoms with Crippen LogP contribution in [-0.4, -0.2) is 23.5 Å². The molecule has 0 saturated heterocycles. The Kier molecular flexibility index (Phi) is 6.43. The van der Waals surface area contributed by atoms with Crippen molar-refractivity contribution in [3.63, 3.8) is 0 Å². The molecule has 0 saturated carbocycles. The van der Waals surface area contributed by atoms with Crippen LogP contribution in [0.5, 0.6) is 11.7 Å². The third kappa shape index (κ3) is 4.71. The molecule has 1 unspecified atom stereocenters. The Bertz CT molecular complexity index is 1000. The van der Waals surface area contributed by atoms with Crippen LogP contribution < -0.4 is 19.8 Å². The first-order chi connectivity index (χ1) is 13.9. The van der Waals surface area contributed by atoms with E-state index >= 15 is 0 Å². The van der Waals surface area contributed by atoms with Crippen LogP contribution in [0.15, 0.2) is 52.0 Å². The van der Waals surface area contributed by atoms with E-state index in [4.69, 9.17) is 9.26 Å². The Balaban J connectivity index is 1.80. The minimum Gasteiger partial charge on any atom is -0.538 e. The zero-order valence-electron chi connectivity index (χ0n) is 16.8. The van der Waals surface area contributed by atoms with Gasteiger partial charge in [-0.3, -0.25) is 4.79 Å². The molecule has 0 fully saturated rings. The van der Waals surface area contributed by atoms with Crippen molar-refractivity contribution < 1.29 is 23.8 Å². The van der Waals surface area contributed by atoms with Crippen molar-refractivity contribution in [1.82, 2.24) is 5.27 Å². The van der Waals surface area contributed by atoms with Gasteiger partial charge >= 0.3 is 0 Å². The average molecular weight is 413 g/mol. The molecule has 8 heteroatoms. The number of nitrogens with one attached hydrogen (secondary N) is 1. The van der Waals surface area contributed by atoms with Gasteiger partial charge in [-0.25, -0.2) is 0 Å². The number of aromatic nitrogens is 2. The summed E-state index contributed by atoms with van der Waals surface area (Å²) in [7, 11) is 1.58. The minimum absolute atomic E-state index is 0.178. The second-order valence-electron chi connectivity index (χ2n) is 6.58. The summed E-state index contributed by atoms with van der Waals surface area (Å²) in [6.07, 6.45) is 0.536. The first kappa shape index (κ1) is 20.7. The predicted molar refractivity (Wildman–Crippen MR) is 109 cm³/mol. The second-order valence-corrected chi connectivity index (χ2v) is 7.77. The Labute approximate surface area is 173 Å². The zero-order chi connectivity index (χ0) is 21.0. The summed E-state index contributed by atoms with van der Waals surface area (Å²) in [5, 5.41) is 18.8. The largest absolute Gasteiger partial charge is 0.538 e. The van der Waals surface area contributed by atoms with Crippen LogP contribution >= 0.6 is 11.8 Å². The van der Waals surface area contributed by atoms with E-state index in [2.05, 4.69) is 10.6 Å². The highest BCUT2D eigenvalue weighted by molar-refractivity contribution is 8.00. The first-order valence-corrected chi connectivity index (χ1v) is 10.1. The molecule has 0 spiro atoms. The Morgan fingerprint density at radius 3 is 2.59 bits per heavy atom. The van der Waals surface area contributed by atoms with E-state index in [1.165, 1.54) is 4.68 Å². The number of hydrogen-bond acceptors (Lipinski definition) is 6. The Morgan fingerprint density at radius 2 is 1.97 bits per heavy atom. The lowest BCUT2D eigenvalue weighted by Gasteiger charge is -2.14. The van der Waals surface area contributed by atoms with Gasteiger partial charge in [0.05, 0.1) is 17.6 Å². The monoisotopic (exact) mass is 413 g/mol. The molecular weight excluding hydrogens is 390 g/mol. The number of nitrogens with zero attached hydrogens (tertiary/aromatic N) is 2. The van der Waals surface area contributed by atoms with Crippen LogP contribution in [0.2, 0.25) is 0 Å². The Hall–Kier alpha value is -3.00. The lowest BCUT2D eigenvalue weighted by Crippen LogP contribution is -2.36. The third-order valence-corrected chi connectivity index (χ3v) is 5.98. The summed E-state index contributed by atoms with van der Waals surface area (Å²) in [4.78, 5) is 12.8. The van der Waals surface area contributed by atoms with Crippen molar-refractivity contribution in [1.29, 1.82) is 0 Å². The predicted octanol–water partition coefficient (Wildman–Crippen LogP) is 3.16. The molecule has 0 bridgehead atoms. The number of thioether (sulfide) groups is 1. The summed E-state index contributed by atoms with van der Waals surface area (Å²) in [5.41, 5.74) is 3.63. The van der Waals surface area contributed by atoms with E-state index < -0.39 is 11.2 Å². The first-order valence-electron chi connectivity index (χ1n) is 9.21. The van der Waals surface area contributed by atoms with E-state index in [0.29, 0.717) is 17.9 Å². The quantitative estimate of drug-likeness (QED) is 0.473. The molecule has 2 aromatic carbocycles. The molecule has 1 aromatic heterocycles. The molecule has 3 rings (SSSR count). The lowest BCUT2D eigenvalue weighted by atomic mass is 10.1. The fourth-order valence-corrected chi connectivity index (χ4v) is 3.70. The SMILES string of the molecule is CCC(Sc1c([O-])on[n+]1-c1ccc(OC)cc1)C(=O)Nc1ccc(C)c(C)c1. The molecular formula is C21H23N3O4S. The standard InChI is InChI=1S/C21H23N3O4S/c1-5-18(19(25)22-15-7-6-13(2)14(3)12-15)29-20-21(26)28-23-24(20)16-8-10-17(27-4)11-9-16/h6-12,18H,5H2,1-4H3,(H-,22,23,25,26). The van der Waals surface area contributed by atoms with Crippen molar-refractivity contribution >= 4 is 23.4 Å². The van der Waals surface area contributed by atoms with Crippen LogP contribution in [0.4, 0.5) is 5.69 Å². The maximum absolute atomic E-state index is 12.8. The fraction of sp³-hybridized carbons (Fsp3) is 0.286. The van der Waals surface area contributed by atoms with E-state index in [1.807, 2.05) is 39.0 Å². The maximum Gasteiger partial charge on any atom is 0.298 e. The van der Waals surface area contributed by atoms with Gasteiger partial charge in [-0.15, -0.1) is 0 Å². The number of carbonyl (C=O) groups excluding carboxylic acids is 1. The summed E-state index contributed by atoms with van der Waals surface area (Å²) < 4.78 is 11.4. The zero-order valence-corrected chi connectivity index (χ0v) is 17.6. The van der Waals surface area contributed by atoms with Gasteiger partial charge in [-0.05, 0) is 72.1 Å². The maximum atomic E-state index is 12.8. The summed E-state index contributed by atoms with van der Waals surface area (Å²) in [6, 6.07) is 12.8. The van der Waals surface area contributed by atoms with Crippen molar-refractivity contribution in [3.05, 3.63) is 53.6 Å². The molecule has 29 heavy (non-hydrogen) atoms. The number of hydrogen-bond donors (Lipinski definition) is 1. The summed E-state index contributed by atoms with van der Waals surface area (Å²) in [6.45, 7) is 5.91.